The summed E-state index contributed by atoms with van der Waals surface area (Å²) in [7, 11) is 1.58. The monoisotopic (exact) mass is 391 g/mol. The zero-order chi connectivity index (χ0) is 19.6. The molecule has 1 N–H and O–H groups in total. The number of thiazole rings is 1. The third-order valence-electron chi connectivity index (χ3n) is 3.71. The third kappa shape index (κ3) is 6.90. The molecule has 1 heterocycles. The van der Waals surface area contributed by atoms with E-state index in [4.69, 9.17) is 9.47 Å². The fourth-order valence-corrected chi connectivity index (χ4v) is 3.12. The molecule has 0 unspecified atom stereocenters. The molecule has 0 atom stereocenters. The molecule has 146 valence electrons. The first-order valence-corrected chi connectivity index (χ1v) is 9.59. The van der Waals surface area contributed by atoms with Crippen LogP contribution in [0.2, 0.25) is 0 Å². The minimum absolute atomic E-state index is 0.104. The molecule has 1 aromatic carbocycles. The molecule has 2 rings (SSSR count). The Hall–Kier alpha value is -2.61. The third-order valence-corrected chi connectivity index (χ3v) is 4.61. The molecule has 0 bridgehead atoms. The first kappa shape index (κ1) is 20.7. The van der Waals surface area contributed by atoms with Crippen LogP contribution in [0, 0.1) is 0 Å². The molecular weight excluding hydrogens is 368 g/mol. The average molecular weight is 391 g/mol. The second kappa shape index (κ2) is 10.5. The van der Waals surface area contributed by atoms with Crippen molar-refractivity contribution in [3.8, 4) is 11.5 Å². The summed E-state index contributed by atoms with van der Waals surface area (Å²) >= 11 is 1.26. The van der Waals surface area contributed by atoms with Gasteiger partial charge in [0.05, 0.1) is 25.8 Å². The number of unbranched alkanes of at least 4 members (excludes halogenated alkanes) is 1. The van der Waals surface area contributed by atoms with E-state index in [0.717, 1.165) is 18.4 Å². The highest BCUT2D eigenvalue weighted by atomic mass is 32.1. The Kier molecular flexibility index (Phi) is 8.06. The minimum Gasteiger partial charge on any atom is -0.550 e. The van der Waals surface area contributed by atoms with Crippen molar-refractivity contribution in [1.82, 2.24) is 10.3 Å². The van der Waals surface area contributed by atoms with E-state index >= 15 is 0 Å². The Balaban J connectivity index is 1.86. The van der Waals surface area contributed by atoms with Gasteiger partial charge in [0.15, 0.2) is 11.5 Å². The van der Waals surface area contributed by atoms with Gasteiger partial charge in [-0.1, -0.05) is 19.4 Å². The van der Waals surface area contributed by atoms with Crippen molar-refractivity contribution in [3.63, 3.8) is 0 Å². The highest BCUT2D eigenvalue weighted by molar-refractivity contribution is 7.09. The quantitative estimate of drug-likeness (QED) is 0.583. The van der Waals surface area contributed by atoms with Crippen molar-refractivity contribution in [2.75, 3.05) is 13.7 Å². The van der Waals surface area contributed by atoms with Crippen LogP contribution in [0.5, 0.6) is 11.5 Å². The molecule has 2 aromatic rings. The first-order valence-electron chi connectivity index (χ1n) is 8.71. The van der Waals surface area contributed by atoms with E-state index in [0.29, 0.717) is 35.4 Å². The van der Waals surface area contributed by atoms with Gasteiger partial charge in [-0.2, -0.15) is 0 Å². The molecule has 0 aliphatic carbocycles. The fraction of sp³-hybridized carbons (Fsp3) is 0.421. The number of carboxylic acids is 1. The normalized spacial score (nSPS) is 10.4. The van der Waals surface area contributed by atoms with Gasteiger partial charge in [0, 0.05) is 24.3 Å². The number of hydrogen-bond acceptors (Lipinski definition) is 7. The molecule has 0 aliphatic heterocycles. The number of ether oxygens (including phenoxy) is 2. The van der Waals surface area contributed by atoms with Gasteiger partial charge in [-0.3, -0.25) is 4.79 Å². The highest BCUT2D eigenvalue weighted by Gasteiger charge is 2.10. The van der Waals surface area contributed by atoms with Crippen LogP contribution in [0.4, 0.5) is 0 Å². The molecule has 27 heavy (non-hydrogen) atoms. The minimum atomic E-state index is -1.19. The second-order valence-electron chi connectivity index (χ2n) is 5.92. The van der Waals surface area contributed by atoms with Crippen molar-refractivity contribution in [2.24, 2.45) is 0 Å². The van der Waals surface area contributed by atoms with E-state index in [2.05, 4.69) is 17.2 Å². The summed E-state index contributed by atoms with van der Waals surface area (Å²) < 4.78 is 11.0. The van der Waals surface area contributed by atoms with E-state index in [-0.39, 0.29) is 18.7 Å². The fourth-order valence-electron chi connectivity index (χ4n) is 2.33. The number of carboxylic acid groups (broad SMARTS) is 1. The van der Waals surface area contributed by atoms with E-state index in [1.54, 1.807) is 12.5 Å². The number of amides is 1. The van der Waals surface area contributed by atoms with Crippen LogP contribution in [-0.4, -0.2) is 30.6 Å². The van der Waals surface area contributed by atoms with Crippen molar-refractivity contribution >= 4 is 23.2 Å². The molecule has 0 radical (unpaired) electrons. The lowest BCUT2D eigenvalue weighted by Crippen LogP contribution is -2.25. The number of nitrogens with one attached hydrogen (secondary N) is 1. The topological polar surface area (TPSA) is 101 Å². The van der Waals surface area contributed by atoms with Crippen LogP contribution < -0.4 is 19.9 Å². The predicted octanol–water partition coefficient (Wildman–Crippen LogP) is 1.48. The maximum atomic E-state index is 12.1. The number of benzene rings is 1. The molecule has 8 heteroatoms. The van der Waals surface area contributed by atoms with Crippen LogP contribution in [0.25, 0.3) is 0 Å². The SMILES string of the molecule is CCCCOc1ccc(CNC(=O)Cc2nc(CC(=O)[O-])cs2)cc1OC. The molecule has 0 spiro atoms. The highest BCUT2D eigenvalue weighted by Crippen LogP contribution is 2.28. The Morgan fingerprint density at radius 3 is 2.78 bits per heavy atom. The maximum Gasteiger partial charge on any atom is 0.227 e. The molecule has 0 saturated carbocycles. The van der Waals surface area contributed by atoms with Crippen LogP contribution >= 0.6 is 11.3 Å². The Morgan fingerprint density at radius 2 is 2.07 bits per heavy atom. The summed E-state index contributed by atoms with van der Waals surface area (Å²) in [5.74, 6) is -0.0621. The standard InChI is InChI=1S/C19H24N2O5S/c1-3-4-7-26-15-6-5-13(8-16(15)25-2)11-20-17(22)10-18-21-14(12-27-18)9-19(23)24/h5-6,8,12H,3-4,7,9-11H2,1-2H3,(H,20,22)(H,23,24)/p-1. The summed E-state index contributed by atoms with van der Waals surface area (Å²) in [5.41, 5.74) is 1.30. The van der Waals surface area contributed by atoms with Crippen LogP contribution in [0.1, 0.15) is 36.0 Å². The van der Waals surface area contributed by atoms with Gasteiger partial charge in [0.1, 0.15) is 5.01 Å². The number of aliphatic carboxylic acids is 1. The van der Waals surface area contributed by atoms with E-state index in [9.17, 15) is 14.7 Å². The number of nitrogens with zero attached hydrogens (tertiary/aromatic N) is 1. The lowest BCUT2D eigenvalue weighted by Gasteiger charge is -2.12. The van der Waals surface area contributed by atoms with Crippen molar-refractivity contribution in [2.45, 2.75) is 39.2 Å². The lowest BCUT2D eigenvalue weighted by atomic mass is 10.2. The molecule has 1 aromatic heterocycles. The molecule has 0 saturated heterocycles. The zero-order valence-corrected chi connectivity index (χ0v) is 16.3. The predicted molar refractivity (Wildman–Crippen MR) is 99.8 cm³/mol. The summed E-state index contributed by atoms with van der Waals surface area (Å²) in [6.07, 6.45) is 1.89. The van der Waals surface area contributed by atoms with Gasteiger partial charge in [0.2, 0.25) is 5.91 Å². The van der Waals surface area contributed by atoms with Crippen LogP contribution in [-0.2, 0) is 29.0 Å². The van der Waals surface area contributed by atoms with E-state index in [1.165, 1.54) is 11.3 Å². The lowest BCUT2D eigenvalue weighted by molar-refractivity contribution is -0.304. The summed E-state index contributed by atoms with van der Waals surface area (Å²) in [6, 6.07) is 5.55. The summed E-state index contributed by atoms with van der Waals surface area (Å²) in [6.45, 7) is 3.08. The van der Waals surface area contributed by atoms with E-state index < -0.39 is 5.97 Å². The van der Waals surface area contributed by atoms with Crippen molar-refractivity contribution < 1.29 is 24.2 Å². The van der Waals surface area contributed by atoms with E-state index in [1.807, 2.05) is 18.2 Å². The Morgan fingerprint density at radius 1 is 1.26 bits per heavy atom. The average Bonchev–Trinajstić information content (AvgIpc) is 3.06. The Bertz CT molecular complexity index is 775. The Labute approximate surface area is 162 Å². The summed E-state index contributed by atoms with van der Waals surface area (Å²) in [4.78, 5) is 26.8. The molecule has 0 fully saturated rings. The van der Waals surface area contributed by atoms with Gasteiger partial charge >= 0.3 is 0 Å². The largest absolute Gasteiger partial charge is 0.550 e. The second-order valence-corrected chi connectivity index (χ2v) is 6.86. The molecule has 0 aliphatic rings. The number of methoxy groups -OCH3 is 1. The summed E-state index contributed by atoms with van der Waals surface area (Å²) in [5, 5.41) is 15.6. The zero-order valence-electron chi connectivity index (χ0n) is 15.4. The smallest absolute Gasteiger partial charge is 0.227 e. The number of carbonyl (C=O) groups excluding carboxylic acids is 2. The molecule has 1 amide bonds. The van der Waals surface area contributed by atoms with Gasteiger partial charge in [-0.25, -0.2) is 4.98 Å². The number of carbonyl (C=O) groups is 2. The van der Waals surface area contributed by atoms with Crippen molar-refractivity contribution in [3.05, 3.63) is 39.8 Å². The molecule has 7 nitrogen and oxygen atoms in total. The number of hydrogen-bond donors (Lipinski definition) is 1. The maximum absolute atomic E-state index is 12.1. The van der Waals surface area contributed by atoms with Gasteiger partial charge < -0.3 is 24.7 Å². The van der Waals surface area contributed by atoms with Gasteiger partial charge in [-0.15, -0.1) is 11.3 Å². The van der Waals surface area contributed by atoms with Gasteiger partial charge in [-0.05, 0) is 24.1 Å². The first-order chi connectivity index (χ1) is 13.0. The van der Waals surface area contributed by atoms with Crippen LogP contribution in [0.3, 0.4) is 0 Å². The number of aromatic nitrogens is 1. The number of rotatable bonds is 11. The molecular formula is C19H23N2O5S-. The van der Waals surface area contributed by atoms with Crippen LogP contribution in [0.15, 0.2) is 23.6 Å². The van der Waals surface area contributed by atoms with Gasteiger partial charge in [0.25, 0.3) is 0 Å². The van der Waals surface area contributed by atoms with Crippen molar-refractivity contribution in [1.29, 1.82) is 0 Å².